The van der Waals surface area contributed by atoms with Crippen LogP contribution in [-0.4, -0.2) is 27.2 Å². The van der Waals surface area contributed by atoms with Crippen molar-refractivity contribution in [1.29, 1.82) is 0 Å². The van der Waals surface area contributed by atoms with E-state index in [2.05, 4.69) is 10.2 Å². The molecule has 1 aromatic heterocycles. The second kappa shape index (κ2) is 7.17. The number of hydrogen-bond donors (Lipinski definition) is 2. The zero-order valence-corrected chi connectivity index (χ0v) is 13.7. The summed E-state index contributed by atoms with van der Waals surface area (Å²) in [4.78, 5) is 23.8. The quantitative estimate of drug-likeness (QED) is 0.532. The summed E-state index contributed by atoms with van der Waals surface area (Å²) < 4.78 is 5.19. The maximum Gasteiger partial charge on any atom is 0.320 e. The van der Waals surface area contributed by atoms with Gasteiger partial charge in [0, 0.05) is 5.39 Å². The first-order valence-corrected chi connectivity index (χ1v) is 7.90. The summed E-state index contributed by atoms with van der Waals surface area (Å²) in [6.45, 7) is 1.97. The van der Waals surface area contributed by atoms with Gasteiger partial charge in [-0.1, -0.05) is 36.4 Å². The largest absolute Gasteiger partial charge is 0.481 e. The van der Waals surface area contributed by atoms with Gasteiger partial charge in [-0.3, -0.25) is 14.7 Å². The molecule has 3 aromatic rings. The Bertz CT molecular complexity index is 902. The number of aryl methyl sites for hydroxylation is 1. The van der Waals surface area contributed by atoms with Gasteiger partial charge < -0.3 is 9.84 Å². The van der Waals surface area contributed by atoms with Gasteiger partial charge in [0.25, 0.3) is 0 Å². The fourth-order valence-electron chi connectivity index (χ4n) is 2.77. The van der Waals surface area contributed by atoms with Gasteiger partial charge in [-0.15, -0.1) is 0 Å². The number of carbonyl (C=O) groups excluding carboxylic acids is 1. The number of aromatic nitrogens is 2. The lowest BCUT2D eigenvalue weighted by atomic mass is 9.97. The molecule has 0 spiro atoms. The number of carboxylic acids is 1. The van der Waals surface area contributed by atoms with E-state index in [0.29, 0.717) is 0 Å². The van der Waals surface area contributed by atoms with Gasteiger partial charge in [0.2, 0.25) is 0 Å². The van der Waals surface area contributed by atoms with Gasteiger partial charge in [0.1, 0.15) is 6.61 Å². The molecule has 0 saturated heterocycles. The van der Waals surface area contributed by atoms with Crippen LogP contribution in [-0.2, 0) is 27.4 Å². The van der Waals surface area contributed by atoms with E-state index in [4.69, 9.17) is 4.74 Å². The number of aliphatic carboxylic acids is 1. The highest BCUT2D eigenvalue weighted by atomic mass is 16.5. The second-order valence-electron chi connectivity index (χ2n) is 5.94. The molecule has 128 valence electrons. The summed E-state index contributed by atoms with van der Waals surface area (Å²) in [6, 6.07) is 12.9. The molecule has 1 unspecified atom stereocenters. The third-order valence-corrected chi connectivity index (χ3v) is 4.05. The number of benzene rings is 2. The molecular formula is C19H18N2O4. The van der Waals surface area contributed by atoms with Crippen molar-refractivity contribution in [3.8, 4) is 0 Å². The molecule has 1 heterocycles. The average Bonchev–Trinajstić information content (AvgIpc) is 3.07. The van der Waals surface area contributed by atoms with Gasteiger partial charge in [-0.25, -0.2) is 0 Å². The molecule has 0 saturated carbocycles. The van der Waals surface area contributed by atoms with Crippen LogP contribution in [0.2, 0.25) is 0 Å². The fourth-order valence-corrected chi connectivity index (χ4v) is 2.77. The standard InChI is InChI=1S/C19H18N2O4/c1-12-7-14(8-15-10-20-21-17(12)15)9-16(18(22)23)19(24)25-11-13-5-3-2-4-6-13/h2-8,10,16H,9,11H2,1H3,(H,20,21)(H,22,23). The maximum absolute atomic E-state index is 12.2. The highest BCUT2D eigenvalue weighted by Crippen LogP contribution is 2.21. The summed E-state index contributed by atoms with van der Waals surface area (Å²) in [7, 11) is 0. The first-order valence-electron chi connectivity index (χ1n) is 7.90. The minimum absolute atomic E-state index is 0.0588. The van der Waals surface area contributed by atoms with Crippen molar-refractivity contribution in [3.05, 3.63) is 65.4 Å². The van der Waals surface area contributed by atoms with E-state index in [9.17, 15) is 14.7 Å². The van der Waals surface area contributed by atoms with Gasteiger partial charge >= 0.3 is 11.9 Å². The molecule has 6 nitrogen and oxygen atoms in total. The summed E-state index contributed by atoms with van der Waals surface area (Å²) in [5.41, 5.74) is 3.43. The van der Waals surface area contributed by atoms with Crippen molar-refractivity contribution in [2.24, 2.45) is 5.92 Å². The fraction of sp³-hybridized carbons (Fsp3) is 0.211. The lowest BCUT2D eigenvalue weighted by molar-refractivity contribution is -0.159. The third kappa shape index (κ3) is 3.85. The Hall–Kier alpha value is -3.15. The molecule has 0 bridgehead atoms. The first kappa shape index (κ1) is 16.7. The van der Waals surface area contributed by atoms with Crippen molar-refractivity contribution in [1.82, 2.24) is 10.2 Å². The summed E-state index contributed by atoms with van der Waals surface area (Å²) >= 11 is 0. The van der Waals surface area contributed by atoms with Crippen molar-refractivity contribution < 1.29 is 19.4 Å². The summed E-state index contributed by atoms with van der Waals surface area (Å²) in [6.07, 6.45) is 1.75. The van der Waals surface area contributed by atoms with Crippen molar-refractivity contribution >= 4 is 22.8 Å². The molecule has 25 heavy (non-hydrogen) atoms. The Morgan fingerprint density at radius 3 is 2.68 bits per heavy atom. The maximum atomic E-state index is 12.2. The molecule has 6 heteroatoms. The number of esters is 1. The van der Waals surface area contributed by atoms with Crippen molar-refractivity contribution in [3.63, 3.8) is 0 Å². The van der Waals surface area contributed by atoms with Gasteiger partial charge in [0.05, 0.1) is 11.7 Å². The van der Waals surface area contributed by atoms with Crippen LogP contribution >= 0.6 is 0 Å². The first-order chi connectivity index (χ1) is 12.0. The number of carboxylic acid groups (broad SMARTS) is 1. The Labute approximate surface area is 144 Å². The molecule has 2 aromatic carbocycles. The Morgan fingerprint density at radius 1 is 1.20 bits per heavy atom. The normalized spacial score (nSPS) is 12.0. The number of nitrogens with zero attached hydrogens (tertiary/aromatic N) is 1. The average molecular weight is 338 g/mol. The number of rotatable bonds is 6. The zero-order valence-electron chi connectivity index (χ0n) is 13.7. The molecule has 3 rings (SSSR count). The molecule has 0 radical (unpaired) electrons. The van der Waals surface area contributed by atoms with Crippen LogP contribution in [0.5, 0.6) is 0 Å². The number of carbonyl (C=O) groups is 2. The van der Waals surface area contributed by atoms with E-state index in [1.54, 1.807) is 6.20 Å². The Balaban J connectivity index is 1.73. The highest BCUT2D eigenvalue weighted by molar-refractivity contribution is 5.94. The SMILES string of the molecule is Cc1cc(CC(C(=O)O)C(=O)OCc2ccccc2)cc2cn[nH]c12. The van der Waals surface area contributed by atoms with Gasteiger partial charge in [-0.2, -0.15) is 5.10 Å². The molecular weight excluding hydrogens is 320 g/mol. The molecule has 0 aliphatic carbocycles. The predicted molar refractivity (Wildman–Crippen MR) is 91.9 cm³/mol. The van der Waals surface area contributed by atoms with Gasteiger partial charge in [-0.05, 0) is 36.1 Å². The lowest BCUT2D eigenvalue weighted by Crippen LogP contribution is -2.28. The lowest BCUT2D eigenvalue weighted by Gasteiger charge is -2.13. The topological polar surface area (TPSA) is 92.3 Å². The number of aromatic amines is 1. The van der Waals surface area contributed by atoms with Crippen LogP contribution in [0.4, 0.5) is 0 Å². The summed E-state index contributed by atoms with van der Waals surface area (Å²) in [5.74, 6) is -3.17. The number of ether oxygens (including phenoxy) is 1. The molecule has 0 aliphatic rings. The molecule has 2 N–H and O–H groups in total. The zero-order chi connectivity index (χ0) is 17.8. The van der Waals surface area contributed by atoms with Crippen LogP contribution in [0, 0.1) is 12.8 Å². The monoisotopic (exact) mass is 338 g/mol. The van der Waals surface area contributed by atoms with E-state index in [-0.39, 0.29) is 13.0 Å². The molecule has 0 fully saturated rings. The Kier molecular flexibility index (Phi) is 4.79. The van der Waals surface area contributed by atoms with Crippen LogP contribution in [0.1, 0.15) is 16.7 Å². The minimum atomic E-state index is -1.24. The predicted octanol–water partition coefficient (Wildman–Crippen LogP) is 2.86. The summed E-state index contributed by atoms with van der Waals surface area (Å²) in [5, 5.41) is 17.2. The van der Waals surface area contributed by atoms with Crippen molar-refractivity contribution in [2.75, 3.05) is 0 Å². The van der Waals surface area contributed by atoms with Crippen LogP contribution in [0.3, 0.4) is 0 Å². The molecule has 1 atom stereocenters. The third-order valence-electron chi connectivity index (χ3n) is 4.05. The number of H-pyrrole nitrogens is 1. The van der Waals surface area contributed by atoms with E-state index >= 15 is 0 Å². The van der Waals surface area contributed by atoms with E-state index in [0.717, 1.165) is 27.6 Å². The van der Waals surface area contributed by atoms with E-state index in [1.807, 2.05) is 49.4 Å². The number of hydrogen-bond acceptors (Lipinski definition) is 4. The van der Waals surface area contributed by atoms with E-state index in [1.165, 1.54) is 0 Å². The van der Waals surface area contributed by atoms with Crippen LogP contribution in [0.15, 0.2) is 48.7 Å². The van der Waals surface area contributed by atoms with Crippen LogP contribution < -0.4 is 0 Å². The molecule has 0 amide bonds. The number of fused-ring (bicyclic) bond motifs is 1. The Morgan fingerprint density at radius 2 is 1.96 bits per heavy atom. The van der Waals surface area contributed by atoms with Crippen molar-refractivity contribution in [2.45, 2.75) is 20.0 Å². The number of nitrogens with one attached hydrogen (secondary N) is 1. The van der Waals surface area contributed by atoms with Crippen LogP contribution in [0.25, 0.3) is 10.9 Å². The smallest absolute Gasteiger partial charge is 0.320 e. The van der Waals surface area contributed by atoms with Gasteiger partial charge in [0.15, 0.2) is 5.92 Å². The second-order valence-corrected chi connectivity index (χ2v) is 5.94. The minimum Gasteiger partial charge on any atom is -0.481 e. The van der Waals surface area contributed by atoms with E-state index < -0.39 is 17.9 Å². The highest BCUT2D eigenvalue weighted by Gasteiger charge is 2.28. The molecule has 0 aliphatic heterocycles.